The van der Waals surface area contributed by atoms with Crippen LogP contribution < -0.4 is 5.32 Å². The monoisotopic (exact) mass is 305 g/mol. The van der Waals surface area contributed by atoms with E-state index in [1.165, 1.54) is 7.11 Å². The molecule has 2 aromatic rings. The minimum absolute atomic E-state index is 0.395. The van der Waals surface area contributed by atoms with Gasteiger partial charge in [0, 0.05) is 6.54 Å². The van der Waals surface area contributed by atoms with Crippen LogP contribution in [-0.4, -0.2) is 13.1 Å². The van der Waals surface area contributed by atoms with E-state index in [1.54, 1.807) is 42.5 Å². The molecule has 5 heteroatoms. The molecule has 0 aliphatic heterocycles. The molecule has 2 rings (SSSR count). The second kappa shape index (κ2) is 7.74. The van der Waals surface area contributed by atoms with Crippen molar-refractivity contribution in [2.24, 2.45) is 0 Å². The summed E-state index contributed by atoms with van der Waals surface area (Å²) in [5, 5.41) is 21.0. The lowest BCUT2D eigenvalue weighted by molar-refractivity contribution is -0.143. The predicted molar refractivity (Wildman–Crippen MR) is 83.9 cm³/mol. The highest BCUT2D eigenvalue weighted by atomic mass is 16.5. The van der Waals surface area contributed by atoms with Gasteiger partial charge in [0.15, 0.2) is 0 Å². The normalized spacial score (nSPS) is 11.1. The zero-order valence-electron chi connectivity index (χ0n) is 12.6. The molecule has 0 aliphatic rings. The number of rotatable bonds is 5. The minimum Gasteiger partial charge on any atom is -0.468 e. The first-order chi connectivity index (χ1) is 11.2. The summed E-state index contributed by atoms with van der Waals surface area (Å²) in [4.78, 5) is 12.0. The van der Waals surface area contributed by atoms with Gasteiger partial charge in [-0.3, -0.25) is 5.32 Å². The first-order valence-corrected chi connectivity index (χ1v) is 6.98. The summed E-state index contributed by atoms with van der Waals surface area (Å²) in [5.74, 6) is -0.434. The average molecular weight is 305 g/mol. The molecular formula is C18H15N3O2. The van der Waals surface area contributed by atoms with Crippen molar-refractivity contribution in [3.8, 4) is 12.1 Å². The van der Waals surface area contributed by atoms with Gasteiger partial charge in [0.2, 0.25) is 0 Å². The van der Waals surface area contributed by atoms with Crippen molar-refractivity contribution in [3.05, 3.63) is 70.8 Å². The molecular weight excluding hydrogens is 290 g/mol. The summed E-state index contributed by atoms with van der Waals surface area (Å²) in [5.41, 5.74) is 2.58. The third-order valence-electron chi connectivity index (χ3n) is 3.35. The van der Waals surface area contributed by atoms with Gasteiger partial charge in [-0.25, -0.2) is 4.79 Å². The molecule has 0 radical (unpaired) electrons. The van der Waals surface area contributed by atoms with Crippen molar-refractivity contribution < 1.29 is 9.53 Å². The van der Waals surface area contributed by atoms with E-state index in [-0.39, 0.29) is 0 Å². The van der Waals surface area contributed by atoms with Crippen molar-refractivity contribution in [3.63, 3.8) is 0 Å². The van der Waals surface area contributed by atoms with Crippen LogP contribution in [0.1, 0.15) is 28.3 Å². The van der Waals surface area contributed by atoms with E-state index in [2.05, 4.69) is 17.5 Å². The highest BCUT2D eigenvalue weighted by Crippen LogP contribution is 2.17. The van der Waals surface area contributed by atoms with Crippen LogP contribution in [0.3, 0.4) is 0 Å². The van der Waals surface area contributed by atoms with Crippen LogP contribution in [0.2, 0.25) is 0 Å². The highest BCUT2D eigenvalue weighted by Gasteiger charge is 2.21. The minimum atomic E-state index is -0.681. The summed E-state index contributed by atoms with van der Waals surface area (Å²) in [6.45, 7) is 0.395. The molecule has 0 saturated heterocycles. The lowest BCUT2D eigenvalue weighted by atomic mass is 10.0. The van der Waals surface area contributed by atoms with E-state index >= 15 is 0 Å². The molecule has 1 N–H and O–H groups in total. The predicted octanol–water partition coefficient (Wildman–Crippen LogP) is 2.43. The third-order valence-corrected chi connectivity index (χ3v) is 3.35. The zero-order chi connectivity index (χ0) is 16.7. The number of nitrogens with zero attached hydrogens (tertiary/aromatic N) is 2. The molecule has 5 nitrogen and oxygen atoms in total. The van der Waals surface area contributed by atoms with Gasteiger partial charge < -0.3 is 4.74 Å². The van der Waals surface area contributed by atoms with Gasteiger partial charge in [-0.2, -0.15) is 10.5 Å². The van der Waals surface area contributed by atoms with Gasteiger partial charge in [0.05, 0.1) is 30.4 Å². The quantitative estimate of drug-likeness (QED) is 0.857. The third kappa shape index (κ3) is 4.16. The molecule has 0 aromatic heterocycles. The maximum atomic E-state index is 12.0. The number of methoxy groups -OCH3 is 1. The van der Waals surface area contributed by atoms with Crippen LogP contribution in [0, 0.1) is 22.7 Å². The number of carbonyl (C=O) groups is 1. The first-order valence-electron chi connectivity index (χ1n) is 6.98. The van der Waals surface area contributed by atoms with Crippen molar-refractivity contribution >= 4 is 5.97 Å². The molecule has 0 heterocycles. The summed E-state index contributed by atoms with van der Waals surface area (Å²) in [6, 6.07) is 17.4. The summed E-state index contributed by atoms with van der Waals surface area (Å²) in [7, 11) is 1.32. The number of ether oxygens (including phenoxy) is 1. The number of benzene rings is 2. The number of carbonyl (C=O) groups excluding carboxylic acids is 1. The Morgan fingerprint density at radius 2 is 1.78 bits per heavy atom. The smallest absolute Gasteiger partial charge is 0.327 e. The molecule has 0 amide bonds. The van der Waals surface area contributed by atoms with E-state index in [9.17, 15) is 4.79 Å². The number of hydrogen-bond acceptors (Lipinski definition) is 5. The van der Waals surface area contributed by atoms with Crippen molar-refractivity contribution in [2.45, 2.75) is 12.6 Å². The molecule has 114 valence electrons. The van der Waals surface area contributed by atoms with Gasteiger partial charge in [0.25, 0.3) is 0 Å². The summed E-state index contributed by atoms with van der Waals surface area (Å²) in [6.07, 6.45) is 0. The topological polar surface area (TPSA) is 85.9 Å². The van der Waals surface area contributed by atoms with Gasteiger partial charge in [0.1, 0.15) is 6.04 Å². The van der Waals surface area contributed by atoms with Crippen LogP contribution in [-0.2, 0) is 16.1 Å². The molecule has 0 bridgehead atoms. The van der Waals surface area contributed by atoms with Gasteiger partial charge in [-0.1, -0.05) is 24.3 Å². The Bertz CT molecular complexity index is 787. The van der Waals surface area contributed by atoms with E-state index in [1.807, 2.05) is 6.07 Å². The van der Waals surface area contributed by atoms with Crippen molar-refractivity contribution in [1.29, 1.82) is 10.5 Å². The fraction of sp³-hybridized carbons (Fsp3) is 0.167. The average Bonchev–Trinajstić information content (AvgIpc) is 2.62. The van der Waals surface area contributed by atoms with Gasteiger partial charge in [-0.05, 0) is 35.4 Å². The Kier molecular flexibility index (Phi) is 5.46. The molecule has 0 spiro atoms. The zero-order valence-corrected chi connectivity index (χ0v) is 12.6. The van der Waals surface area contributed by atoms with Gasteiger partial charge >= 0.3 is 5.97 Å². The summed E-state index contributed by atoms with van der Waals surface area (Å²) < 4.78 is 4.84. The number of nitrogens with one attached hydrogen (secondary N) is 1. The lowest BCUT2D eigenvalue weighted by Crippen LogP contribution is -2.29. The van der Waals surface area contributed by atoms with Crippen molar-refractivity contribution in [1.82, 2.24) is 5.32 Å². The molecule has 0 aliphatic carbocycles. The van der Waals surface area contributed by atoms with E-state index < -0.39 is 12.0 Å². The van der Waals surface area contributed by atoms with Crippen LogP contribution in [0.5, 0.6) is 0 Å². The van der Waals surface area contributed by atoms with Crippen LogP contribution in [0.25, 0.3) is 0 Å². The second-order valence-corrected chi connectivity index (χ2v) is 4.89. The Labute approximate surface area is 134 Å². The Morgan fingerprint density at radius 3 is 2.43 bits per heavy atom. The number of hydrogen-bond donors (Lipinski definition) is 1. The van der Waals surface area contributed by atoms with E-state index in [4.69, 9.17) is 15.3 Å². The van der Waals surface area contributed by atoms with Gasteiger partial charge in [-0.15, -0.1) is 0 Å². The molecule has 23 heavy (non-hydrogen) atoms. The highest BCUT2D eigenvalue weighted by molar-refractivity contribution is 5.77. The van der Waals surface area contributed by atoms with E-state index in [0.29, 0.717) is 23.2 Å². The van der Waals surface area contributed by atoms with Crippen LogP contribution in [0.15, 0.2) is 48.5 Å². The Hall–Kier alpha value is -3.15. The van der Waals surface area contributed by atoms with E-state index in [0.717, 1.165) is 5.56 Å². The lowest BCUT2D eigenvalue weighted by Gasteiger charge is -2.17. The number of nitriles is 2. The Balaban J connectivity index is 2.21. The Morgan fingerprint density at radius 1 is 1.13 bits per heavy atom. The van der Waals surface area contributed by atoms with Crippen LogP contribution >= 0.6 is 0 Å². The summed E-state index contributed by atoms with van der Waals surface area (Å²) >= 11 is 0. The van der Waals surface area contributed by atoms with Crippen molar-refractivity contribution in [2.75, 3.05) is 7.11 Å². The SMILES string of the molecule is COC(=O)[C@H](NCc1cccc(C#N)c1)c1cccc(C#N)c1. The molecule has 1 atom stereocenters. The standard InChI is InChI=1S/C18H15N3O2/c1-23-18(22)17(16-7-3-5-14(9-16)11-20)21-12-15-6-2-4-13(8-15)10-19/h2-9,17,21H,12H2,1H3/t17-/m1/s1. The molecule has 0 saturated carbocycles. The maximum absolute atomic E-state index is 12.0. The maximum Gasteiger partial charge on any atom is 0.327 e. The molecule has 2 aromatic carbocycles. The first kappa shape index (κ1) is 16.2. The fourth-order valence-corrected chi connectivity index (χ4v) is 2.21. The largest absolute Gasteiger partial charge is 0.468 e. The molecule has 0 unspecified atom stereocenters. The number of esters is 1. The fourth-order valence-electron chi connectivity index (χ4n) is 2.21. The second-order valence-electron chi connectivity index (χ2n) is 4.89. The van der Waals surface area contributed by atoms with Crippen LogP contribution in [0.4, 0.5) is 0 Å². The molecule has 0 fully saturated rings.